The Morgan fingerprint density at radius 3 is 2.18 bits per heavy atom. The Morgan fingerprint density at radius 1 is 0.893 bits per heavy atom. The molecule has 12 heteroatoms. The maximum absolute atomic E-state index is 10.2. The molecule has 12 nitrogen and oxygen atoms in total. The highest BCUT2D eigenvalue weighted by molar-refractivity contribution is 4.98. The summed E-state index contributed by atoms with van der Waals surface area (Å²) in [6.45, 7) is -0.466. The molecule has 0 aromatic heterocycles. The zero-order valence-electron chi connectivity index (χ0n) is 15.1. The van der Waals surface area contributed by atoms with Crippen LogP contribution in [-0.4, -0.2) is 122 Å². The van der Waals surface area contributed by atoms with E-state index in [0.29, 0.717) is 12.8 Å². The SMILES string of the molecule is OCCC[CH]OC[C@H]1O[C@H](O[C@]2(CO)O[C@H](CO)[C@@H](O)[C@@H]2O)[C@H](O)[C@@H](O)[C@@H]1O. The number of rotatable bonds is 10. The molecule has 2 heterocycles. The Hall–Kier alpha value is -0.480. The highest BCUT2D eigenvalue weighted by Crippen LogP contribution is 2.36. The molecule has 0 aromatic rings. The van der Waals surface area contributed by atoms with Crippen LogP contribution in [0, 0.1) is 6.61 Å². The number of hydrogen-bond donors (Lipinski definition) is 8. The summed E-state index contributed by atoms with van der Waals surface area (Å²) in [5.74, 6) is -2.22. The first-order chi connectivity index (χ1) is 13.3. The zero-order valence-corrected chi connectivity index (χ0v) is 15.1. The van der Waals surface area contributed by atoms with Crippen molar-refractivity contribution in [2.45, 2.75) is 67.6 Å². The van der Waals surface area contributed by atoms with Crippen LogP contribution in [0.1, 0.15) is 12.8 Å². The third kappa shape index (κ3) is 4.98. The van der Waals surface area contributed by atoms with E-state index in [1.54, 1.807) is 0 Å². The van der Waals surface area contributed by atoms with Gasteiger partial charge in [-0.3, -0.25) is 0 Å². The topological polar surface area (TPSA) is 199 Å². The number of aliphatic hydroxyl groups excluding tert-OH is 8. The largest absolute Gasteiger partial charge is 0.396 e. The molecule has 0 saturated carbocycles. The van der Waals surface area contributed by atoms with Crippen LogP contribution in [0.15, 0.2) is 0 Å². The van der Waals surface area contributed by atoms with E-state index in [9.17, 15) is 35.7 Å². The van der Waals surface area contributed by atoms with E-state index in [0.717, 1.165) is 0 Å². The summed E-state index contributed by atoms with van der Waals surface area (Å²) >= 11 is 0. The fraction of sp³-hybridized carbons (Fsp3) is 0.938. The Balaban J connectivity index is 2.04. The van der Waals surface area contributed by atoms with Gasteiger partial charge in [-0.1, -0.05) is 0 Å². The van der Waals surface area contributed by atoms with Crippen molar-refractivity contribution in [2.75, 3.05) is 26.4 Å². The normalized spacial score (nSPS) is 44.1. The monoisotopic (exact) mass is 413 g/mol. The van der Waals surface area contributed by atoms with Crippen molar-refractivity contribution >= 4 is 0 Å². The number of aliphatic hydroxyl groups is 8. The van der Waals surface area contributed by atoms with Crippen LogP contribution < -0.4 is 0 Å². The predicted octanol–water partition coefficient (Wildman–Crippen LogP) is -4.44. The highest BCUT2D eigenvalue weighted by Gasteiger charge is 2.58. The molecule has 0 amide bonds. The second-order valence-corrected chi connectivity index (χ2v) is 6.74. The van der Waals surface area contributed by atoms with Crippen molar-refractivity contribution in [3.63, 3.8) is 0 Å². The molecule has 2 saturated heterocycles. The van der Waals surface area contributed by atoms with Crippen LogP contribution in [0.25, 0.3) is 0 Å². The smallest absolute Gasteiger partial charge is 0.224 e. The van der Waals surface area contributed by atoms with Crippen molar-refractivity contribution < 1.29 is 59.8 Å². The Kier molecular flexibility index (Phi) is 8.94. The van der Waals surface area contributed by atoms with Crippen molar-refractivity contribution in [1.29, 1.82) is 0 Å². The summed E-state index contributed by atoms with van der Waals surface area (Å²) in [6, 6.07) is 0. The molecule has 0 bridgehead atoms. The van der Waals surface area contributed by atoms with Gasteiger partial charge in [-0.15, -0.1) is 0 Å². The molecule has 2 aliphatic rings. The third-order valence-electron chi connectivity index (χ3n) is 4.75. The fourth-order valence-corrected chi connectivity index (χ4v) is 3.04. The second kappa shape index (κ2) is 10.5. The standard InChI is InChI=1S/C16H29O12/c17-3-1-2-4-25-6-9-10(20)12(22)13(23)15(26-9)28-16(7-19)14(24)11(21)8(5-18)27-16/h4,8-15,17-24H,1-3,5-7H2/t8-,9-,10-,11-,12+,13-,14+,15-,16+/m1/s1. The minimum absolute atomic E-state index is 0.0184. The van der Waals surface area contributed by atoms with Crippen LogP contribution in [0.4, 0.5) is 0 Å². The predicted molar refractivity (Wildman–Crippen MR) is 88.1 cm³/mol. The lowest BCUT2D eigenvalue weighted by molar-refractivity contribution is -0.383. The van der Waals surface area contributed by atoms with Crippen molar-refractivity contribution in [3.05, 3.63) is 6.61 Å². The second-order valence-electron chi connectivity index (χ2n) is 6.74. The number of ether oxygens (including phenoxy) is 4. The van der Waals surface area contributed by atoms with Gasteiger partial charge in [0.2, 0.25) is 5.79 Å². The van der Waals surface area contributed by atoms with Gasteiger partial charge in [-0.25, -0.2) is 0 Å². The third-order valence-corrected chi connectivity index (χ3v) is 4.75. The Bertz CT molecular complexity index is 467. The summed E-state index contributed by atoms with van der Waals surface area (Å²) in [5, 5.41) is 77.9. The van der Waals surface area contributed by atoms with E-state index in [4.69, 9.17) is 24.1 Å². The van der Waals surface area contributed by atoms with Gasteiger partial charge < -0.3 is 59.8 Å². The first-order valence-corrected chi connectivity index (χ1v) is 8.98. The summed E-state index contributed by atoms with van der Waals surface area (Å²) < 4.78 is 21.2. The summed E-state index contributed by atoms with van der Waals surface area (Å²) in [6.07, 6.45) is -11.5. The molecule has 2 aliphatic heterocycles. The molecule has 1 radical (unpaired) electrons. The molecule has 2 fully saturated rings. The quantitative estimate of drug-likeness (QED) is 0.160. The van der Waals surface area contributed by atoms with Crippen molar-refractivity contribution in [1.82, 2.24) is 0 Å². The highest BCUT2D eigenvalue weighted by atomic mass is 16.8. The zero-order chi connectivity index (χ0) is 20.9. The molecule has 165 valence electrons. The lowest BCUT2D eigenvalue weighted by Gasteiger charge is -2.43. The summed E-state index contributed by atoms with van der Waals surface area (Å²) in [5.41, 5.74) is 0. The van der Waals surface area contributed by atoms with Crippen LogP contribution in [0.5, 0.6) is 0 Å². The average molecular weight is 413 g/mol. The van der Waals surface area contributed by atoms with Gasteiger partial charge in [0.25, 0.3) is 0 Å². The van der Waals surface area contributed by atoms with E-state index in [-0.39, 0.29) is 13.2 Å². The molecule has 0 unspecified atom stereocenters. The maximum atomic E-state index is 10.2. The molecular weight excluding hydrogens is 384 g/mol. The number of unbranched alkanes of at least 4 members (excludes halogenated alkanes) is 1. The maximum Gasteiger partial charge on any atom is 0.224 e. The Morgan fingerprint density at radius 2 is 1.61 bits per heavy atom. The van der Waals surface area contributed by atoms with Gasteiger partial charge in [-0.05, 0) is 12.8 Å². The minimum Gasteiger partial charge on any atom is -0.396 e. The van der Waals surface area contributed by atoms with Gasteiger partial charge in [-0.2, -0.15) is 0 Å². The lowest BCUT2D eigenvalue weighted by atomic mass is 9.99. The van der Waals surface area contributed by atoms with Crippen LogP contribution in [-0.2, 0) is 18.9 Å². The van der Waals surface area contributed by atoms with Gasteiger partial charge in [0, 0.05) is 6.61 Å². The van der Waals surface area contributed by atoms with Gasteiger partial charge in [0.15, 0.2) is 6.29 Å². The first kappa shape index (κ1) is 23.8. The van der Waals surface area contributed by atoms with E-state index in [1.165, 1.54) is 6.61 Å². The van der Waals surface area contributed by atoms with Gasteiger partial charge in [0.05, 0.1) is 19.8 Å². The van der Waals surface area contributed by atoms with Crippen LogP contribution in [0.3, 0.4) is 0 Å². The van der Waals surface area contributed by atoms with Crippen molar-refractivity contribution in [2.24, 2.45) is 0 Å². The van der Waals surface area contributed by atoms with Crippen molar-refractivity contribution in [3.8, 4) is 0 Å². The molecule has 2 rings (SSSR count). The molecule has 9 atom stereocenters. The molecule has 8 N–H and O–H groups in total. The number of hydrogen-bond acceptors (Lipinski definition) is 12. The molecular formula is C16H29O12. The Labute approximate surface area is 161 Å². The first-order valence-electron chi connectivity index (χ1n) is 8.98. The summed E-state index contributed by atoms with van der Waals surface area (Å²) in [4.78, 5) is 0. The van der Waals surface area contributed by atoms with E-state index in [1.807, 2.05) is 0 Å². The lowest BCUT2D eigenvalue weighted by Crippen LogP contribution is -2.62. The summed E-state index contributed by atoms with van der Waals surface area (Å²) in [7, 11) is 0. The van der Waals surface area contributed by atoms with E-state index in [2.05, 4.69) is 0 Å². The van der Waals surface area contributed by atoms with Crippen LogP contribution >= 0.6 is 0 Å². The fourth-order valence-electron chi connectivity index (χ4n) is 3.04. The molecule has 0 spiro atoms. The van der Waals surface area contributed by atoms with Gasteiger partial charge in [0.1, 0.15) is 49.3 Å². The van der Waals surface area contributed by atoms with E-state index < -0.39 is 68.0 Å². The molecule has 0 aliphatic carbocycles. The average Bonchev–Trinajstić information content (AvgIpc) is 2.94. The van der Waals surface area contributed by atoms with Gasteiger partial charge >= 0.3 is 0 Å². The van der Waals surface area contributed by atoms with E-state index >= 15 is 0 Å². The van der Waals surface area contributed by atoms with Crippen LogP contribution in [0.2, 0.25) is 0 Å². The molecule has 28 heavy (non-hydrogen) atoms. The minimum atomic E-state index is -2.22. The molecule has 0 aromatic carbocycles.